The van der Waals surface area contributed by atoms with E-state index >= 15 is 0 Å². The van der Waals surface area contributed by atoms with Crippen molar-refractivity contribution in [1.29, 1.82) is 0 Å². The Hall–Kier alpha value is -1.50. The maximum Gasteiger partial charge on any atom is 0.227 e. The largest absolute Gasteiger partial charge is 0.493 e. The summed E-state index contributed by atoms with van der Waals surface area (Å²) in [5, 5.41) is 3.66. The lowest BCUT2D eigenvalue weighted by atomic mass is 10.1. The van der Waals surface area contributed by atoms with Crippen LogP contribution in [0.3, 0.4) is 0 Å². The van der Waals surface area contributed by atoms with Gasteiger partial charge in [-0.3, -0.25) is 9.69 Å². The predicted molar refractivity (Wildman–Crippen MR) is 86.1 cm³/mol. The molecule has 2 saturated heterocycles. The molecule has 1 aromatic rings. The second-order valence-electron chi connectivity index (χ2n) is 5.93. The van der Waals surface area contributed by atoms with Gasteiger partial charge in [-0.1, -0.05) is 11.6 Å². The fourth-order valence-electron chi connectivity index (χ4n) is 3.11. The summed E-state index contributed by atoms with van der Waals surface area (Å²) in [7, 11) is 3.19. The van der Waals surface area contributed by atoms with Crippen LogP contribution < -0.4 is 14.8 Å². The van der Waals surface area contributed by atoms with E-state index in [-0.39, 0.29) is 17.9 Å². The number of hydrogen-bond donors (Lipinski definition) is 1. The zero-order chi connectivity index (χ0) is 16.4. The molecule has 0 spiro atoms. The molecule has 2 bridgehead atoms. The second kappa shape index (κ2) is 6.95. The van der Waals surface area contributed by atoms with Gasteiger partial charge in [-0.15, -0.1) is 0 Å². The molecule has 0 radical (unpaired) electrons. The third-order valence-electron chi connectivity index (χ3n) is 4.26. The predicted octanol–water partition coefficient (Wildman–Crippen LogP) is 1.30. The lowest BCUT2D eigenvalue weighted by Gasteiger charge is -2.28. The van der Waals surface area contributed by atoms with Crippen molar-refractivity contribution in [2.45, 2.75) is 12.6 Å². The molecule has 126 valence electrons. The van der Waals surface area contributed by atoms with Crippen molar-refractivity contribution in [1.82, 2.24) is 10.2 Å². The van der Waals surface area contributed by atoms with Crippen LogP contribution in [0.5, 0.6) is 11.5 Å². The minimum absolute atomic E-state index is 0.0221. The van der Waals surface area contributed by atoms with Gasteiger partial charge in [-0.05, 0) is 11.6 Å². The molecular formula is C16H21ClN2O4. The fourth-order valence-corrected chi connectivity index (χ4v) is 3.32. The van der Waals surface area contributed by atoms with Crippen LogP contribution in [-0.4, -0.2) is 57.4 Å². The second-order valence-corrected chi connectivity index (χ2v) is 6.34. The van der Waals surface area contributed by atoms with Crippen LogP contribution in [0.2, 0.25) is 5.02 Å². The minimum atomic E-state index is -0.138. The van der Waals surface area contributed by atoms with Crippen LogP contribution in [0.25, 0.3) is 0 Å². The number of benzene rings is 1. The van der Waals surface area contributed by atoms with Gasteiger partial charge in [0.25, 0.3) is 0 Å². The summed E-state index contributed by atoms with van der Waals surface area (Å²) in [5.74, 6) is 1.20. The number of nitrogens with one attached hydrogen (secondary N) is 1. The van der Waals surface area contributed by atoms with Crippen molar-refractivity contribution in [3.63, 3.8) is 0 Å². The third kappa shape index (κ3) is 3.54. The summed E-state index contributed by atoms with van der Waals surface area (Å²) >= 11 is 6.38. The summed E-state index contributed by atoms with van der Waals surface area (Å²) in [6.07, 6.45) is 0. The van der Waals surface area contributed by atoms with Crippen LogP contribution in [0.15, 0.2) is 12.1 Å². The monoisotopic (exact) mass is 340 g/mol. The Morgan fingerprint density at radius 1 is 1.26 bits per heavy atom. The Morgan fingerprint density at radius 2 is 2.00 bits per heavy atom. The average Bonchev–Trinajstić information content (AvgIpc) is 2.77. The van der Waals surface area contributed by atoms with Gasteiger partial charge in [0.1, 0.15) is 0 Å². The Morgan fingerprint density at radius 3 is 2.74 bits per heavy atom. The van der Waals surface area contributed by atoms with E-state index in [4.69, 9.17) is 25.8 Å². The number of carbonyl (C=O) groups is 1. The Bertz CT molecular complexity index is 596. The van der Waals surface area contributed by atoms with Gasteiger partial charge in [0.15, 0.2) is 11.5 Å². The first-order valence-electron chi connectivity index (χ1n) is 7.61. The lowest BCUT2D eigenvalue weighted by molar-refractivity contribution is -0.125. The molecule has 2 atom stereocenters. The van der Waals surface area contributed by atoms with Gasteiger partial charge in [-0.25, -0.2) is 0 Å². The molecule has 1 aromatic carbocycles. The molecule has 0 aliphatic carbocycles. The molecule has 1 N–H and O–H groups in total. The van der Waals surface area contributed by atoms with E-state index in [9.17, 15) is 4.79 Å². The van der Waals surface area contributed by atoms with Gasteiger partial charge in [0, 0.05) is 30.7 Å². The number of nitrogens with zero attached hydrogens (tertiary/aromatic N) is 1. The number of rotatable bonds is 4. The van der Waals surface area contributed by atoms with Crippen LogP contribution in [-0.2, 0) is 16.1 Å². The average molecular weight is 341 g/mol. The Labute approximate surface area is 140 Å². The zero-order valence-electron chi connectivity index (χ0n) is 13.3. The molecule has 6 nitrogen and oxygen atoms in total. The number of carbonyl (C=O) groups excluding carboxylic acids is 1. The molecule has 2 heterocycles. The minimum Gasteiger partial charge on any atom is -0.493 e. The molecule has 0 saturated carbocycles. The Kier molecular flexibility index (Phi) is 4.94. The van der Waals surface area contributed by atoms with E-state index in [0.717, 1.165) is 12.1 Å². The van der Waals surface area contributed by atoms with Crippen LogP contribution in [0, 0.1) is 5.92 Å². The van der Waals surface area contributed by atoms with Gasteiger partial charge in [-0.2, -0.15) is 0 Å². The van der Waals surface area contributed by atoms with E-state index in [1.54, 1.807) is 20.3 Å². The number of amides is 1. The van der Waals surface area contributed by atoms with Crippen molar-refractivity contribution in [3.05, 3.63) is 22.7 Å². The molecular weight excluding hydrogens is 320 g/mol. The van der Waals surface area contributed by atoms with Crippen molar-refractivity contribution >= 4 is 17.5 Å². The molecule has 0 unspecified atom stereocenters. The van der Waals surface area contributed by atoms with Gasteiger partial charge >= 0.3 is 0 Å². The molecule has 23 heavy (non-hydrogen) atoms. The van der Waals surface area contributed by atoms with E-state index in [1.807, 2.05) is 6.07 Å². The van der Waals surface area contributed by atoms with Crippen LogP contribution in [0.4, 0.5) is 0 Å². The lowest BCUT2D eigenvalue weighted by Crippen LogP contribution is -2.41. The molecule has 0 aromatic heterocycles. The normalized spacial score (nSPS) is 24.7. The van der Waals surface area contributed by atoms with Crippen molar-refractivity contribution in [2.75, 3.05) is 40.5 Å². The first kappa shape index (κ1) is 16.4. The van der Waals surface area contributed by atoms with E-state index in [0.29, 0.717) is 42.8 Å². The SMILES string of the molecule is COc1cc(Cl)c(CN2C[C@H]3COC[C@@H](C2)C(=O)N3)cc1OC. The highest BCUT2D eigenvalue weighted by molar-refractivity contribution is 6.31. The highest BCUT2D eigenvalue weighted by Gasteiger charge is 2.33. The number of ether oxygens (including phenoxy) is 3. The first-order chi connectivity index (χ1) is 11.1. The van der Waals surface area contributed by atoms with Crippen molar-refractivity contribution in [2.24, 2.45) is 5.92 Å². The molecule has 1 amide bonds. The van der Waals surface area contributed by atoms with E-state index < -0.39 is 0 Å². The zero-order valence-corrected chi connectivity index (χ0v) is 14.1. The summed E-state index contributed by atoms with van der Waals surface area (Å²) in [6.45, 7) is 3.08. The van der Waals surface area contributed by atoms with Crippen molar-refractivity contribution < 1.29 is 19.0 Å². The summed E-state index contributed by atoms with van der Waals surface area (Å²) in [5.41, 5.74) is 0.956. The maximum atomic E-state index is 12.1. The topological polar surface area (TPSA) is 60.0 Å². The van der Waals surface area contributed by atoms with E-state index in [1.165, 1.54) is 0 Å². The molecule has 3 rings (SSSR count). The van der Waals surface area contributed by atoms with Gasteiger partial charge < -0.3 is 19.5 Å². The van der Waals surface area contributed by atoms with Crippen molar-refractivity contribution in [3.8, 4) is 11.5 Å². The fraction of sp³-hybridized carbons (Fsp3) is 0.562. The maximum absolute atomic E-state index is 12.1. The number of halogens is 1. The van der Waals surface area contributed by atoms with E-state index in [2.05, 4.69) is 10.2 Å². The summed E-state index contributed by atoms with van der Waals surface area (Å²) < 4.78 is 16.2. The summed E-state index contributed by atoms with van der Waals surface area (Å²) in [6, 6.07) is 3.68. The number of methoxy groups -OCH3 is 2. The quantitative estimate of drug-likeness (QED) is 0.895. The third-order valence-corrected chi connectivity index (χ3v) is 4.61. The van der Waals surface area contributed by atoms with Crippen LogP contribution in [0.1, 0.15) is 5.56 Å². The highest BCUT2D eigenvalue weighted by Crippen LogP contribution is 2.34. The smallest absolute Gasteiger partial charge is 0.227 e. The van der Waals surface area contributed by atoms with Gasteiger partial charge in [0.2, 0.25) is 5.91 Å². The molecule has 7 heteroatoms. The molecule has 2 fully saturated rings. The van der Waals surface area contributed by atoms with Gasteiger partial charge in [0.05, 0.1) is 39.4 Å². The first-order valence-corrected chi connectivity index (χ1v) is 7.99. The Balaban J connectivity index is 1.80. The number of fused-ring (bicyclic) bond motifs is 3. The van der Waals surface area contributed by atoms with Crippen LogP contribution >= 0.6 is 11.6 Å². The standard InChI is InChI=1S/C16H21ClN2O4/c1-21-14-3-10(13(17)4-15(14)22-2)5-19-6-11-8-23-9-12(7-19)18-16(11)20/h3-4,11-12H,5-9H2,1-2H3,(H,18,20)/t11-,12+/m1/s1. The summed E-state index contributed by atoms with van der Waals surface area (Å²) in [4.78, 5) is 14.3. The molecule has 2 aliphatic rings. The molecule has 2 aliphatic heterocycles. The number of hydrogen-bond acceptors (Lipinski definition) is 5. The highest BCUT2D eigenvalue weighted by atomic mass is 35.5.